The second-order valence-electron chi connectivity index (χ2n) is 7.11. The van der Waals surface area contributed by atoms with Crippen LogP contribution in [-0.2, 0) is 4.79 Å². The highest BCUT2D eigenvalue weighted by molar-refractivity contribution is 5.76. The first-order valence-corrected chi connectivity index (χ1v) is 9.59. The molecule has 4 nitrogen and oxygen atoms in total. The van der Waals surface area contributed by atoms with Gasteiger partial charge in [0.25, 0.3) is 0 Å². The number of halogens is 1. The molecule has 1 amide bonds. The summed E-state index contributed by atoms with van der Waals surface area (Å²) in [4.78, 5) is 16.9. The van der Waals surface area contributed by atoms with E-state index in [0.717, 1.165) is 44.6 Å². The molecule has 25 heavy (non-hydrogen) atoms. The number of benzene rings is 1. The second kappa shape index (κ2) is 8.65. The van der Waals surface area contributed by atoms with Gasteiger partial charge in [0.15, 0.2) is 0 Å². The molecule has 1 heterocycles. The average Bonchev–Trinajstić information content (AvgIpc) is 3.46. The van der Waals surface area contributed by atoms with Crippen LogP contribution in [-0.4, -0.2) is 54.0 Å². The molecule has 1 aromatic rings. The molecule has 1 aliphatic heterocycles. The van der Waals surface area contributed by atoms with E-state index in [1.165, 1.54) is 25.0 Å². The fourth-order valence-corrected chi connectivity index (χ4v) is 3.67. The van der Waals surface area contributed by atoms with Gasteiger partial charge in [0.05, 0.1) is 6.61 Å². The number of carbonyl (C=O) groups is 1. The summed E-state index contributed by atoms with van der Waals surface area (Å²) in [5.41, 5.74) is 0. The quantitative estimate of drug-likeness (QED) is 0.675. The Morgan fingerprint density at radius 1 is 1.16 bits per heavy atom. The van der Waals surface area contributed by atoms with Crippen molar-refractivity contribution in [3.8, 4) is 5.75 Å². The highest BCUT2D eigenvalue weighted by Crippen LogP contribution is 2.32. The Hall–Kier alpha value is -1.62. The van der Waals surface area contributed by atoms with Crippen LogP contribution in [0, 0.1) is 5.82 Å². The van der Waals surface area contributed by atoms with Gasteiger partial charge in [-0.15, -0.1) is 0 Å². The lowest BCUT2D eigenvalue weighted by atomic mass is 10.0. The van der Waals surface area contributed by atoms with E-state index in [9.17, 15) is 9.18 Å². The van der Waals surface area contributed by atoms with Gasteiger partial charge in [-0.3, -0.25) is 4.79 Å². The topological polar surface area (TPSA) is 32.8 Å². The number of nitrogens with zero attached hydrogens (tertiary/aromatic N) is 2. The molecule has 1 saturated carbocycles. The number of piperidine rings is 1. The zero-order chi connectivity index (χ0) is 17.6. The highest BCUT2D eigenvalue weighted by atomic mass is 19.1. The van der Waals surface area contributed by atoms with Crippen LogP contribution in [0.25, 0.3) is 0 Å². The number of ether oxygens (including phenoxy) is 1. The van der Waals surface area contributed by atoms with Crippen molar-refractivity contribution in [3.63, 3.8) is 0 Å². The Bertz CT molecular complexity index is 551. The minimum Gasteiger partial charge on any atom is -0.494 e. The number of hydrogen-bond donors (Lipinski definition) is 0. The van der Waals surface area contributed by atoms with E-state index in [-0.39, 0.29) is 5.82 Å². The van der Waals surface area contributed by atoms with E-state index in [2.05, 4.69) is 9.80 Å². The third kappa shape index (κ3) is 5.18. The largest absolute Gasteiger partial charge is 0.494 e. The van der Waals surface area contributed by atoms with Crippen molar-refractivity contribution in [1.29, 1.82) is 0 Å². The van der Waals surface area contributed by atoms with Gasteiger partial charge in [-0.2, -0.15) is 0 Å². The van der Waals surface area contributed by atoms with Crippen molar-refractivity contribution >= 4 is 5.91 Å². The molecule has 0 radical (unpaired) electrons. The first-order chi connectivity index (χ1) is 12.2. The van der Waals surface area contributed by atoms with Gasteiger partial charge in [0.2, 0.25) is 5.91 Å². The zero-order valence-electron chi connectivity index (χ0n) is 15.1. The SMILES string of the molecule is CCC(=O)N(C1CC1)C1CCN(CCCOc2ccc(F)cc2)CC1. The summed E-state index contributed by atoms with van der Waals surface area (Å²) in [6.45, 7) is 5.74. The van der Waals surface area contributed by atoms with Crippen LogP contribution in [0.5, 0.6) is 5.75 Å². The van der Waals surface area contributed by atoms with Crippen molar-refractivity contribution in [2.45, 2.75) is 57.5 Å². The molecule has 2 aliphatic rings. The van der Waals surface area contributed by atoms with Gasteiger partial charge in [0, 0.05) is 38.1 Å². The number of likely N-dealkylation sites (tertiary alicyclic amines) is 1. The van der Waals surface area contributed by atoms with Crippen molar-refractivity contribution in [2.24, 2.45) is 0 Å². The Morgan fingerprint density at radius 3 is 2.40 bits per heavy atom. The molecular weight excluding hydrogens is 319 g/mol. The van der Waals surface area contributed by atoms with E-state index < -0.39 is 0 Å². The summed E-state index contributed by atoms with van der Waals surface area (Å²) in [5, 5.41) is 0. The van der Waals surface area contributed by atoms with E-state index in [0.29, 0.717) is 31.0 Å². The van der Waals surface area contributed by atoms with Gasteiger partial charge in [-0.25, -0.2) is 4.39 Å². The predicted octanol–water partition coefficient (Wildman–Crippen LogP) is 3.46. The van der Waals surface area contributed by atoms with Crippen LogP contribution in [0.15, 0.2) is 24.3 Å². The maximum absolute atomic E-state index is 12.8. The molecule has 0 spiro atoms. The molecule has 5 heteroatoms. The summed E-state index contributed by atoms with van der Waals surface area (Å²) in [5.74, 6) is 0.809. The summed E-state index contributed by atoms with van der Waals surface area (Å²) in [6, 6.07) is 7.13. The van der Waals surface area contributed by atoms with Crippen LogP contribution in [0.3, 0.4) is 0 Å². The maximum Gasteiger partial charge on any atom is 0.222 e. The normalized spacial score (nSPS) is 19.0. The van der Waals surface area contributed by atoms with E-state index in [1.807, 2.05) is 6.92 Å². The highest BCUT2D eigenvalue weighted by Gasteiger charge is 2.37. The van der Waals surface area contributed by atoms with Crippen molar-refractivity contribution in [1.82, 2.24) is 9.80 Å². The zero-order valence-corrected chi connectivity index (χ0v) is 15.1. The van der Waals surface area contributed by atoms with Crippen LogP contribution < -0.4 is 4.74 Å². The smallest absolute Gasteiger partial charge is 0.222 e. The molecule has 0 N–H and O–H groups in total. The summed E-state index contributed by atoms with van der Waals surface area (Å²) in [7, 11) is 0. The van der Waals surface area contributed by atoms with Crippen molar-refractivity contribution in [3.05, 3.63) is 30.1 Å². The lowest BCUT2D eigenvalue weighted by Gasteiger charge is -2.38. The Kier molecular flexibility index (Phi) is 6.29. The first-order valence-electron chi connectivity index (χ1n) is 9.59. The minimum absolute atomic E-state index is 0.239. The number of carbonyl (C=O) groups excluding carboxylic acids is 1. The van der Waals surface area contributed by atoms with Gasteiger partial charge >= 0.3 is 0 Å². The maximum atomic E-state index is 12.8. The molecule has 1 aromatic carbocycles. The molecule has 1 aliphatic carbocycles. The average molecular weight is 348 g/mol. The standard InChI is InChI=1S/C20H29FN2O2/c1-2-20(24)23(17-6-7-17)18-10-13-22(14-11-18)12-3-15-25-19-8-4-16(21)5-9-19/h4-5,8-9,17-18H,2-3,6-7,10-15H2,1H3. The van der Waals surface area contributed by atoms with Crippen molar-refractivity contribution < 1.29 is 13.9 Å². The third-order valence-electron chi connectivity index (χ3n) is 5.18. The van der Waals surface area contributed by atoms with Crippen LogP contribution in [0.1, 0.15) is 45.4 Å². The molecule has 0 atom stereocenters. The second-order valence-corrected chi connectivity index (χ2v) is 7.11. The summed E-state index contributed by atoms with van der Waals surface area (Å²) in [6.07, 6.45) is 6.13. The Balaban J connectivity index is 1.35. The van der Waals surface area contributed by atoms with E-state index in [4.69, 9.17) is 4.74 Å². The summed E-state index contributed by atoms with van der Waals surface area (Å²) >= 11 is 0. The summed E-state index contributed by atoms with van der Waals surface area (Å²) < 4.78 is 18.5. The molecule has 1 saturated heterocycles. The van der Waals surface area contributed by atoms with Gasteiger partial charge in [-0.1, -0.05) is 6.92 Å². The third-order valence-corrected chi connectivity index (χ3v) is 5.18. The van der Waals surface area contributed by atoms with Crippen LogP contribution in [0.2, 0.25) is 0 Å². The van der Waals surface area contributed by atoms with Crippen LogP contribution >= 0.6 is 0 Å². The Morgan fingerprint density at radius 2 is 1.80 bits per heavy atom. The molecule has 138 valence electrons. The van der Waals surface area contributed by atoms with Gasteiger partial charge in [-0.05, 0) is 56.4 Å². The molecule has 0 aromatic heterocycles. The number of hydrogen-bond acceptors (Lipinski definition) is 3. The predicted molar refractivity (Wildman–Crippen MR) is 96.1 cm³/mol. The fourth-order valence-electron chi connectivity index (χ4n) is 3.67. The molecule has 2 fully saturated rings. The number of rotatable bonds is 8. The Labute approximate surface area is 149 Å². The molecule has 3 rings (SSSR count). The number of amides is 1. The van der Waals surface area contributed by atoms with Crippen LogP contribution in [0.4, 0.5) is 4.39 Å². The fraction of sp³-hybridized carbons (Fsp3) is 0.650. The molecular formula is C20H29FN2O2. The van der Waals surface area contributed by atoms with E-state index >= 15 is 0 Å². The minimum atomic E-state index is -0.239. The van der Waals surface area contributed by atoms with Gasteiger partial charge < -0.3 is 14.5 Å². The first kappa shape index (κ1) is 18.2. The lowest BCUT2D eigenvalue weighted by Crippen LogP contribution is -2.48. The van der Waals surface area contributed by atoms with E-state index in [1.54, 1.807) is 12.1 Å². The van der Waals surface area contributed by atoms with Gasteiger partial charge in [0.1, 0.15) is 11.6 Å². The lowest BCUT2D eigenvalue weighted by molar-refractivity contribution is -0.134. The molecule has 0 bridgehead atoms. The monoisotopic (exact) mass is 348 g/mol. The van der Waals surface area contributed by atoms with Crippen molar-refractivity contribution in [2.75, 3.05) is 26.2 Å². The molecule has 0 unspecified atom stereocenters.